The second-order valence-corrected chi connectivity index (χ2v) is 7.67. The Hall–Kier alpha value is -4.45. The van der Waals surface area contributed by atoms with Crippen molar-refractivity contribution in [2.24, 2.45) is 4.99 Å². The van der Waals surface area contributed by atoms with E-state index in [9.17, 15) is 9.90 Å². The monoisotopic (exact) mass is 434 g/mol. The van der Waals surface area contributed by atoms with E-state index in [2.05, 4.69) is 10.3 Å². The standard InChI is InChI=1S/C27H22N4O2/c1-2-25(32)29-20-11-8-12-21(16-20)31-26(18-9-4-3-5-10-18)30-24(27(31)33)15-19-17-28-23-14-7-6-13-22(19)23/h3-17,33H,2H2,1H3,(H,29,32)/b19-15-. The fourth-order valence-electron chi connectivity index (χ4n) is 3.82. The summed E-state index contributed by atoms with van der Waals surface area (Å²) < 4.78 is 1.70. The van der Waals surface area contributed by atoms with Crippen LogP contribution in [0.15, 0.2) is 83.9 Å². The zero-order chi connectivity index (χ0) is 22.8. The lowest BCUT2D eigenvalue weighted by molar-refractivity contribution is -0.115. The molecule has 0 spiro atoms. The Morgan fingerprint density at radius 3 is 2.64 bits per heavy atom. The molecule has 4 aromatic rings. The van der Waals surface area contributed by atoms with Crippen molar-refractivity contribution < 1.29 is 9.90 Å². The van der Waals surface area contributed by atoms with Gasteiger partial charge in [0.1, 0.15) is 11.5 Å². The molecule has 0 saturated carbocycles. The molecule has 3 aromatic carbocycles. The molecule has 0 radical (unpaired) electrons. The highest BCUT2D eigenvalue weighted by Gasteiger charge is 2.20. The van der Waals surface area contributed by atoms with Crippen LogP contribution in [0.2, 0.25) is 0 Å². The van der Waals surface area contributed by atoms with Crippen LogP contribution in [0.1, 0.15) is 24.6 Å². The van der Waals surface area contributed by atoms with Crippen LogP contribution in [-0.2, 0) is 4.79 Å². The summed E-state index contributed by atoms with van der Waals surface area (Å²) in [5, 5.41) is 14.1. The first-order valence-corrected chi connectivity index (χ1v) is 10.8. The predicted octanol–water partition coefficient (Wildman–Crippen LogP) is 5.85. The van der Waals surface area contributed by atoms with Gasteiger partial charge in [-0.15, -0.1) is 0 Å². The molecular formula is C27H22N4O2. The van der Waals surface area contributed by atoms with E-state index >= 15 is 0 Å². The van der Waals surface area contributed by atoms with E-state index in [-0.39, 0.29) is 11.8 Å². The van der Waals surface area contributed by atoms with Crippen LogP contribution in [0.3, 0.4) is 0 Å². The number of hydrogen-bond donors (Lipinski definition) is 2. The molecule has 6 heteroatoms. The number of amides is 1. The third kappa shape index (κ3) is 3.94. The highest BCUT2D eigenvalue weighted by atomic mass is 16.3. The maximum atomic E-state index is 11.9. The molecule has 1 amide bonds. The van der Waals surface area contributed by atoms with Gasteiger partial charge in [-0.25, -0.2) is 4.98 Å². The van der Waals surface area contributed by atoms with E-state index < -0.39 is 0 Å². The van der Waals surface area contributed by atoms with E-state index in [1.807, 2.05) is 84.9 Å². The van der Waals surface area contributed by atoms with Crippen molar-refractivity contribution in [1.29, 1.82) is 0 Å². The van der Waals surface area contributed by atoms with Gasteiger partial charge < -0.3 is 10.4 Å². The summed E-state index contributed by atoms with van der Waals surface area (Å²) >= 11 is 0. The van der Waals surface area contributed by atoms with E-state index in [0.717, 1.165) is 22.4 Å². The average molecular weight is 434 g/mol. The minimum atomic E-state index is -0.0742. The maximum absolute atomic E-state index is 11.9. The number of aliphatic imine (C=N–C) groups is 1. The quantitative estimate of drug-likeness (QED) is 0.413. The predicted molar refractivity (Wildman–Crippen MR) is 132 cm³/mol. The smallest absolute Gasteiger partial charge is 0.224 e. The Labute approximate surface area is 191 Å². The lowest BCUT2D eigenvalue weighted by Gasteiger charge is -2.11. The lowest BCUT2D eigenvalue weighted by Crippen LogP contribution is -2.09. The number of carbonyl (C=O) groups excluding carboxylic acids is 1. The zero-order valence-corrected chi connectivity index (χ0v) is 18.1. The molecule has 33 heavy (non-hydrogen) atoms. The molecule has 0 atom stereocenters. The summed E-state index contributed by atoms with van der Waals surface area (Å²) in [6.07, 6.45) is 4.01. The molecule has 1 aliphatic heterocycles. The number of rotatable bonds is 5. The van der Waals surface area contributed by atoms with Gasteiger partial charge in [-0.1, -0.05) is 61.5 Å². The first kappa shape index (κ1) is 20.5. The SMILES string of the molecule is CCC(=O)Nc1cccc(-n2c(-c3ccccc3)nc(/C=C3/C=Nc4ccccc43)c2O)c1. The number of hydrogen-bond acceptors (Lipinski definition) is 4. The molecule has 0 saturated heterocycles. The Kier molecular flexibility index (Phi) is 5.32. The summed E-state index contributed by atoms with van der Waals surface area (Å²) in [6.45, 7) is 1.80. The molecule has 0 unspecified atom stereocenters. The average Bonchev–Trinajstić information content (AvgIpc) is 3.41. The topological polar surface area (TPSA) is 79.5 Å². The van der Waals surface area contributed by atoms with Gasteiger partial charge in [0, 0.05) is 35.0 Å². The van der Waals surface area contributed by atoms with Gasteiger partial charge in [-0.3, -0.25) is 14.4 Å². The summed E-state index contributed by atoms with van der Waals surface area (Å²) in [5.41, 5.74) is 5.42. The minimum Gasteiger partial charge on any atom is -0.493 e. The van der Waals surface area contributed by atoms with Gasteiger partial charge in [0.2, 0.25) is 11.8 Å². The summed E-state index contributed by atoms with van der Waals surface area (Å²) in [5.74, 6) is 0.537. The number of aromatic hydroxyl groups is 1. The fraction of sp³-hybridized carbons (Fsp3) is 0.0741. The molecule has 6 nitrogen and oxygen atoms in total. The molecule has 0 fully saturated rings. The van der Waals surface area contributed by atoms with Crippen LogP contribution < -0.4 is 5.32 Å². The number of anilines is 1. The second kappa shape index (κ2) is 8.59. The summed E-state index contributed by atoms with van der Waals surface area (Å²) in [7, 11) is 0. The number of fused-ring (bicyclic) bond motifs is 1. The second-order valence-electron chi connectivity index (χ2n) is 7.67. The number of nitrogens with zero attached hydrogens (tertiary/aromatic N) is 3. The number of para-hydroxylation sites is 1. The van der Waals surface area contributed by atoms with Crippen molar-refractivity contribution in [2.45, 2.75) is 13.3 Å². The number of allylic oxidation sites excluding steroid dienone is 1. The molecule has 0 bridgehead atoms. The number of imidazole rings is 1. The van der Waals surface area contributed by atoms with Crippen molar-refractivity contribution in [2.75, 3.05) is 5.32 Å². The lowest BCUT2D eigenvalue weighted by atomic mass is 10.1. The van der Waals surface area contributed by atoms with Gasteiger partial charge in [-0.2, -0.15) is 0 Å². The van der Waals surface area contributed by atoms with Crippen molar-refractivity contribution in [3.05, 3.63) is 90.1 Å². The Morgan fingerprint density at radius 1 is 1.03 bits per heavy atom. The number of aromatic nitrogens is 2. The van der Waals surface area contributed by atoms with E-state index in [1.54, 1.807) is 17.7 Å². The van der Waals surface area contributed by atoms with Crippen LogP contribution >= 0.6 is 0 Å². The molecule has 162 valence electrons. The van der Waals surface area contributed by atoms with Crippen LogP contribution in [0.5, 0.6) is 5.88 Å². The zero-order valence-electron chi connectivity index (χ0n) is 18.1. The minimum absolute atomic E-state index is 0.0121. The van der Waals surface area contributed by atoms with Gasteiger partial charge in [0.05, 0.1) is 11.4 Å². The fourth-order valence-corrected chi connectivity index (χ4v) is 3.82. The molecule has 2 heterocycles. The van der Waals surface area contributed by atoms with E-state index in [0.29, 0.717) is 29.3 Å². The Bertz CT molecular complexity index is 1400. The van der Waals surface area contributed by atoms with Crippen molar-refractivity contribution in [3.63, 3.8) is 0 Å². The van der Waals surface area contributed by atoms with Crippen molar-refractivity contribution in [3.8, 4) is 23.0 Å². The molecule has 1 aliphatic rings. The first-order chi connectivity index (χ1) is 16.1. The number of benzene rings is 3. The van der Waals surface area contributed by atoms with E-state index in [1.165, 1.54) is 0 Å². The molecule has 0 aliphatic carbocycles. The Morgan fingerprint density at radius 2 is 1.82 bits per heavy atom. The van der Waals surface area contributed by atoms with E-state index in [4.69, 9.17) is 4.98 Å². The molecule has 2 N–H and O–H groups in total. The van der Waals surface area contributed by atoms with Gasteiger partial charge >= 0.3 is 0 Å². The highest BCUT2D eigenvalue weighted by Crippen LogP contribution is 2.36. The summed E-state index contributed by atoms with van der Waals surface area (Å²) in [6, 6.07) is 24.9. The van der Waals surface area contributed by atoms with Crippen LogP contribution in [0.25, 0.3) is 28.7 Å². The molecule has 1 aromatic heterocycles. The maximum Gasteiger partial charge on any atom is 0.224 e. The number of nitrogens with one attached hydrogen (secondary N) is 1. The van der Waals surface area contributed by atoms with Gasteiger partial charge in [-0.05, 0) is 30.3 Å². The third-order valence-electron chi connectivity index (χ3n) is 5.47. The Balaban J connectivity index is 1.65. The van der Waals surface area contributed by atoms with Gasteiger partial charge in [0.15, 0.2) is 0 Å². The summed E-state index contributed by atoms with van der Waals surface area (Å²) in [4.78, 5) is 21.1. The third-order valence-corrected chi connectivity index (χ3v) is 5.47. The van der Waals surface area contributed by atoms with Crippen molar-refractivity contribution in [1.82, 2.24) is 9.55 Å². The highest BCUT2D eigenvalue weighted by molar-refractivity contribution is 6.21. The normalized spacial score (nSPS) is 13.3. The first-order valence-electron chi connectivity index (χ1n) is 10.8. The number of carbonyl (C=O) groups is 1. The largest absolute Gasteiger partial charge is 0.493 e. The van der Waals surface area contributed by atoms with Crippen LogP contribution in [0.4, 0.5) is 11.4 Å². The van der Waals surface area contributed by atoms with Crippen molar-refractivity contribution >= 4 is 35.1 Å². The molecular weight excluding hydrogens is 412 g/mol. The molecule has 5 rings (SSSR count). The van der Waals surface area contributed by atoms with Crippen LogP contribution in [-0.4, -0.2) is 26.8 Å². The van der Waals surface area contributed by atoms with Crippen LogP contribution in [0, 0.1) is 0 Å². The van der Waals surface area contributed by atoms with Gasteiger partial charge in [0.25, 0.3) is 0 Å².